The molecule has 364 valence electrons. The summed E-state index contributed by atoms with van der Waals surface area (Å²) in [5.74, 6) is -0.00279. The molecule has 0 bridgehead atoms. The van der Waals surface area contributed by atoms with Gasteiger partial charge in [0.15, 0.2) is 5.78 Å². The van der Waals surface area contributed by atoms with Gasteiger partial charge in [-0.15, -0.1) is 0 Å². The van der Waals surface area contributed by atoms with Crippen molar-refractivity contribution < 1.29 is 4.79 Å². The van der Waals surface area contributed by atoms with Crippen LogP contribution < -0.4 is 9.80 Å². The Kier molecular flexibility index (Phi) is 9.62. The van der Waals surface area contributed by atoms with Crippen molar-refractivity contribution in [3.05, 3.63) is 347 Å². The van der Waals surface area contributed by atoms with Crippen molar-refractivity contribution in [1.29, 1.82) is 0 Å². The SMILES string of the molecule is O=C(c1ccc2c(c1)C1(c3ccccc3-c3ccccc31)c1ccccc1-2)c1ccc2c(c1)C1(c3ccccc3-2)c2cc(N(c3ccccc3)c3ccccc3)ccc2-c2ccc(N(c3ccccc3)c3ccccc3)cc21. The van der Waals surface area contributed by atoms with Gasteiger partial charge in [0, 0.05) is 45.3 Å². The van der Waals surface area contributed by atoms with E-state index in [4.69, 9.17) is 0 Å². The molecular formula is C75H48N2O. The monoisotopic (exact) mass is 992 g/mol. The van der Waals surface area contributed by atoms with Crippen molar-refractivity contribution in [2.24, 2.45) is 0 Å². The van der Waals surface area contributed by atoms with Crippen LogP contribution in [0, 0.1) is 0 Å². The average molecular weight is 993 g/mol. The van der Waals surface area contributed by atoms with Crippen LogP contribution in [0.4, 0.5) is 34.1 Å². The number of nitrogens with zero attached hydrogens (tertiary/aromatic N) is 2. The molecular weight excluding hydrogens is 945 g/mol. The summed E-state index contributed by atoms with van der Waals surface area (Å²) in [5.41, 5.74) is 25.4. The molecule has 0 amide bonds. The molecule has 78 heavy (non-hydrogen) atoms. The second-order valence-electron chi connectivity index (χ2n) is 21.0. The van der Waals surface area contributed by atoms with Crippen molar-refractivity contribution in [2.75, 3.05) is 9.80 Å². The molecule has 16 rings (SSSR count). The summed E-state index contributed by atoms with van der Waals surface area (Å²) in [7, 11) is 0. The van der Waals surface area contributed by atoms with Crippen LogP contribution in [-0.2, 0) is 10.8 Å². The van der Waals surface area contributed by atoms with Crippen LogP contribution in [0.3, 0.4) is 0 Å². The van der Waals surface area contributed by atoms with E-state index >= 15 is 4.79 Å². The van der Waals surface area contributed by atoms with E-state index in [2.05, 4.69) is 301 Å². The maximum absolute atomic E-state index is 15.9. The fourth-order valence-electron chi connectivity index (χ4n) is 14.2. The zero-order valence-electron chi connectivity index (χ0n) is 42.5. The summed E-state index contributed by atoms with van der Waals surface area (Å²) < 4.78 is 0. The van der Waals surface area contributed by atoms with Gasteiger partial charge in [0.05, 0.1) is 10.8 Å². The maximum Gasteiger partial charge on any atom is 0.193 e. The molecule has 0 saturated carbocycles. The molecule has 0 N–H and O–H groups in total. The fraction of sp³-hybridized carbons (Fsp3) is 0.0267. The third kappa shape index (κ3) is 6.07. The number of anilines is 6. The Morgan fingerprint density at radius 1 is 0.218 bits per heavy atom. The number of carbonyl (C=O) groups excluding carboxylic acids is 1. The molecule has 12 aromatic rings. The number of hydrogen-bond acceptors (Lipinski definition) is 3. The zero-order valence-corrected chi connectivity index (χ0v) is 42.5. The van der Waals surface area contributed by atoms with E-state index in [0.717, 1.165) is 50.8 Å². The van der Waals surface area contributed by atoms with Gasteiger partial charge in [-0.3, -0.25) is 4.79 Å². The highest BCUT2D eigenvalue weighted by Gasteiger charge is 2.54. The molecule has 0 aromatic heterocycles. The van der Waals surface area contributed by atoms with Crippen LogP contribution in [0.2, 0.25) is 0 Å². The van der Waals surface area contributed by atoms with E-state index in [9.17, 15) is 0 Å². The predicted molar refractivity (Wildman–Crippen MR) is 318 cm³/mol. The number of benzene rings is 12. The molecule has 0 fully saturated rings. The van der Waals surface area contributed by atoms with Gasteiger partial charge in [0.1, 0.15) is 0 Å². The van der Waals surface area contributed by atoms with Gasteiger partial charge in [-0.05, 0) is 174 Å². The predicted octanol–water partition coefficient (Wildman–Crippen LogP) is 18.5. The highest BCUT2D eigenvalue weighted by atomic mass is 16.1. The Hall–Kier alpha value is -10.1. The molecule has 4 aliphatic carbocycles. The molecule has 4 aliphatic rings. The minimum absolute atomic E-state index is 0.00279. The summed E-state index contributed by atoms with van der Waals surface area (Å²) in [5, 5.41) is 0. The van der Waals surface area contributed by atoms with Crippen molar-refractivity contribution in [3.8, 4) is 44.5 Å². The van der Waals surface area contributed by atoms with Crippen LogP contribution in [0.15, 0.2) is 291 Å². The van der Waals surface area contributed by atoms with Crippen LogP contribution in [0.25, 0.3) is 44.5 Å². The van der Waals surface area contributed by atoms with Crippen molar-refractivity contribution in [1.82, 2.24) is 0 Å². The lowest BCUT2D eigenvalue weighted by Gasteiger charge is -2.33. The lowest BCUT2D eigenvalue weighted by Crippen LogP contribution is -2.27. The largest absolute Gasteiger partial charge is 0.310 e. The Morgan fingerprint density at radius 2 is 0.462 bits per heavy atom. The van der Waals surface area contributed by atoms with E-state index in [0.29, 0.717) is 11.1 Å². The number of para-hydroxylation sites is 4. The molecule has 3 heteroatoms. The van der Waals surface area contributed by atoms with Crippen LogP contribution in [0.1, 0.15) is 60.4 Å². The number of ketones is 1. The Morgan fingerprint density at radius 3 is 0.782 bits per heavy atom. The first kappa shape index (κ1) is 44.2. The average Bonchev–Trinajstić information content (AvgIpc) is 4.39. The van der Waals surface area contributed by atoms with Crippen LogP contribution in [-0.4, -0.2) is 5.78 Å². The minimum atomic E-state index is -0.808. The normalized spacial score (nSPS) is 13.6. The number of carbonyl (C=O) groups is 1. The number of rotatable bonds is 8. The smallest absolute Gasteiger partial charge is 0.193 e. The zero-order chi connectivity index (χ0) is 51.5. The molecule has 12 aromatic carbocycles. The highest BCUT2D eigenvalue weighted by Crippen LogP contribution is 2.66. The Labute approximate surface area is 454 Å². The first-order chi connectivity index (χ1) is 38.6. The lowest BCUT2D eigenvalue weighted by molar-refractivity contribution is 0.103. The third-order valence-corrected chi connectivity index (χ3v) is 17.2. The van der Waals surface area contributed by atoms with E-state index in [1.165, 1.54) is 72.3 Å². The molecule has 0 aliphatic heterocycles. The number of hydrogen-bond donors (Lipinski definition) is 0. The first-order valence-corrected chi connectivity index (χ1v) is 27.0. The molecule has 0 atom stereocenters. The quantitative estimate of drug-likeness (QED) is 0.142. The fourth-order valence-corrected chi connectivity index (χ4v) is 14.2. The topological polar surface area (TPSA) is 23.6 Å². The maximum atomic E-state index is 15.9. The molecule has 3 nitrogen and oxygen atoms in total. The van der Waals surface area contributed by atoms with E-state index < -0.39 is 10.8 Å². The summed E-state index contributed by atoms with van der Waals surface area (Å²) in [6, 6.07) is 105. The summed E-state index contributed by atoms with van der Waals surface area (Å²) >= 11 is 0. The summed E-state index contributed by atoms with van der Waals surface area (Å²) in [4.78, 5) is 20.6. The summed E-state index contributed by atoms with van der Waals surface area (Å²) in [6.07, 6.45) is 0. The molecule has 2 spiro atoms. The van der Waals surface area contributed by atoms with E-state index in [1.807, 2.05) is 0 Å². The Balaban J connectivity index is 0.926. The van der Waals surface area contributed by atoms with Gasteiger partial charge < -0.3 is 9.80 Å². The lowest BCUT2D eigenvalue weighted by atomic mass is 9.69. The van der Waals surface area contributed by atoms with Gasteiger partial charge in [-0.25, -0.2) is 0 Å². The Bertz CT molecular complexity index is 4140. The second kappa shape index (κ2) is 17.0. The van der Waals surface area contributed by atoms with Crippen molar-refractivity contribution in [3.63, 3.8) is 0 Å². The molecule has 0 saturated heterocycles. The number of fused-ring (bicyclic) bond motifs is 20. The van der Waals surface area contributed by atoms with Gasteiger partial charge >= 0.3 is 0 Å². The minimum Gasteiger partial charge on any atom is -0.310 e. The van der Waals surface area contributed by atoms with Crippen molar-refractivity contribution in [2.45, 2.75) is 10.8 Å². The third-order valence-electron chi connectivity index (χ3n) is 17.2. The van der Waals surface area contributed by atoms with E-state index in [1.54, 1.807) is 0 Å². The van der Waals surface area contributed by atoms with Gasteiger partial charge in [-0.2, -0.15) is 0 Å². The van der Waals surface area contributed by atoms with Gasteiger partial charge in [0.25, 0.3) is 0 Å². The standard InChI is InChI=1S/C75H48N2O/c78-73(49-37-41-61-59-31-15-19-35-67(59)74(69(61)45-49)65-33-17-13-29-57(65)58-30-14-18-34-66(58)74)50-38-42-62-60-32-16-20-36-68(60)75(70(62)46-50)71-47-55(76(51-21-5-1-6-22-51)52-23-7-2-8-24-52)39-43-63(71)64-44-40-56(48-72(64)75)77(53-25-9-3-10-26-53)54-27-11-4-12-28-54/h1-48H. The van der Waals surface area contributed by atoms with Crippen LogP contribution >= 0.6 is 0 Å². The van der Waals surface area contributed by atoms with Gasteiger partial charge in [0.2, 0.25) is 0 Å². The first-order valence-electron chi connectivity index (χ1n) is 27.0. The molecule has 0 heterocycles. The molecule has 0 unspecified atom stereocenters. The van der Waals surface area contributed by atoms with Crippen molar-refractivity contribution >= 4 is 39.9 Å². The summed E-state index contributed by atoms with van der Waals surface area (Å²) in [6.45, 7) is 0. The van der Waals surface area contributed by atoms with Crippen LogP contribution in [0.5, 0.6) is 0 Å². The second-order valence-corrected chi connectivity index (χ2v) is 21.0. The molecule has 0 radical (unpaired) electrons. The van der Waals surface area contributed by atoms with Gasteiger partial charge in [-0.1, -0.05) is 206 Å². The highest BCUT2D eigenvalue weighted by molar-refractivity contribution is 6.11. The van der Waals surface area contributed by atoms with E-state index in [-0.39, 0.29) is 5.78 Å².